The van der Waals surface area contributed by atoms with Gasteiger partial charge in [0.1, 0.15) is 0 Å². The Balaban J connectivity index is -0.000000220. The summed E-state index contributed by atoms with van der Waals surface area (Å²) in [6, 6.07) is 0. The van der Waals surface area contributed by atoms with Gasteiger partial charge in [-0.15, -0.1) is 6.58 Å². The van der Waals surface area contributed by atoms with Gasteiger partial charge in [0.2, 0.25) is 0 Å². The molecule has 0 N–H and O–H groups in total. The fraction of sp³-hybridized carbons (Fsp3) is 0.800. The third-order valence-electron chi connectivity index (χ3n) is 1.31. The van der Waals surface area contributed by atoms with Crippen LogP contribution >= 0.6 is 0 Å². The molecule has 0 spiro atoms. The van der Waals surface area contributed by atoms with Crippen molar-refractivity contribution in [2.24, 2.45) is 0 Å². The maximum absolute atomic E-state index is 5.03. The summed E-state index contributed by atoms with van der Waals surface area (Å²) in [7, 11) is 6.09. The second kappa shape index (κ2) is 11.9. The van der Waals surface area contributed by atoms with Crippen LogP contribution in [0.3, 0.4) is 0 Å². The molecular formula is C10H24ClNO. The zero-order valence-electron chi connectivity index (χ0n) is 9.64. The van der Waals surface area contributed by atoms with Crippen LogP contribution < -0.4 is 12.4 Å². The molecule has 0 heterocycles. The molecule has 0 aromatic rings. The first-order valence-electron chi connectivity index (χ1n) is 4.42. The van der Waals surface area contributed by atoms with Gasteiger partial charge in [-0.05, 0) is 13.3 Å². The summed E-state index contributed by atoms with van der Waals surface area (Å²) in [5, 5.41) is 0. The van der Waals surface area contributed by atoms with E-state index in [9.17, 15) is 0 Å². The standard InChI is InChI=1S/C7H18NO.C3H6.ClH/c1-5-6-8(2,3)7-9-4;1-3-2;/h5-7H2,1-4H3;3H,1H2,2H3;1H/q+1;;/p-1. The Kier molecular flexibility index (Phi) is 17.2. The molecule has 0 unspecified atom stereocenters. The number of rotatable bonds is 4. The van der Waals surface area contributed by atoms with Gasteiger partial charge in [-0.25, -0.2) is 0 Å². The zero-order valence-corrected chi connectivity index (χ0v) is 10.4. The van der Waals surface area contributed by atoms with Crippen molar-refractivity contribution in [2.75, 3.05) is 34.5 Å². The van der Waals surface area contributed by atoms with Crippen LogP contribution in [0.25, 0.3) is 0 Å². The molecule has 0 aliphatic carbocycles. The number of methoxy groups -OCH3 is 1. The first kappa shape index (κ1) is 18.7. The van der Waals surface area contributed by atoms with Crippen LogP contribution in [-0.4, -0.2) is 39.0 Å². The van der Waals surface area contributed by atoms with Gasteiger partial charge in [-0.2, -0.15) is 0 Å². The molecular weight excluding hydrogens is 186 g/mol. The molecule has 0 atom stereocenters. The van der Waals surface area contributed by atoms with E-state index in [-0.39, 0.29) is 12.4 Å². The molecule has 0 fully saturated rings. The third kappa shape index (κ3) is 18.7. The van der Waals surface area contributed by atoms with Gasteiger partial charge in [0.25, 0.3) is 0 Å². The maximum atomic E-state index is 5.03. The number of nitrogens with zero attached hydrogens (tertiary/aromatic N) is 1. The van der Waals surface area contributed by atoms with E-state index in [1.807, 2.05) is 6.92 Å². The van der Waals surface area contributed by atoms with E-state index in [0.29, 0.717) is 0 Å². The van der Waals surface area contributed by atoms with Crippen molar-refractivity contribution in [3.05, 3.63) is 12.7 Å². The molecule has 0 radical (unpaired) electrons. The molecule has 0 aliphatic heterocycles. The van der Waals surface area contributed by atoms with E-state index in [1.165, 1.54) is 13.0 Å². The minimum absolute atomic E-state index is 0. The topological polar surface area (TPSA) is 9.23 Å². The summed E-state index contributed by atoms with van der Waals surface area (Å²) < 4.78 is 6.00. The monoisotopic (exact) mass is 209 g/mol. The van der Waals surface area contributed by atoms with Gasteiger partial charge >= 0.3 is 0 Å². The highest BCUT2D eigenvalue weighted by molar-refractivity contribution is 4.51. The molecule has 2 nitrogen and oxygen atoms in total. The minimum Gasteiger partial charge on any atom is -1.00 e. The van der Waals surface area contributed by atoms with Crippen LogP contribution in [0.15, 0.2) is 12.7 Å². The lowest BCUT2D eigenvalue weighted by Crippen LogP contribution is -3.00. The van der Waals surface area contributed by atoms with Crippen molar-refractivity contribution in [1.29, 1.82) is 0 Å². The second-order valence-electron chi connectivity index (χ2n) is 3.49. The number of hydrogen-bond acceptors (Lipinski definition) is 1. The van der Waals surface area contributed by atoms with Crippen LogP contribution in [0, 0.1) is 0 Å². The summed E-state index contributed by atoms with van der Waals surface area (Å²) >= 11 is 0. The highest BCUT2D eigenvalue weighted by atomic mass is 35.5. The highest BCUT2D eigenvalue weighted by Crippen LogP contribution is 1.97. The van der Waals surface area contributed by atoms with Crippen LogP contribution in [0.4, 0.5) is 0 Å². The predicted octanol–water partition coefficient (Wildman–Crippen LogP) is -0.727. The average molecular weight is 210 g/mol. The van der Waals surface area contributed by atoms with Crippen LogP contribution in [0.5, 0.6) is 0 Å². The first-order chi connectivity index (χ1) is 5.54. The van der Waals surface area contributed by atoms with Gasteiger partial charge in [-0.3, -0.25) is 0 Å². The molecule has 0 saturated heterocycles. The summed E-state index contributed by atoms with van der Waals surface area (Å²) in [6.07, 6.45) is 2.97. The molecule has 82 valence electrons. The fourth-order valence-electron chi connectivity index (χ4n) is 1.02. The Labute approximate surface area is 89.6 Å². The Morgan fingerprint density at radius 1 is 1.38 bits per heavy atom. The van der Waals surface area contributed by atoms with Gasteiger partial charge in [-0.1, -0.05) is 13.0 Å². The molecule has 0 saturated carbocycles. The number of quaternary nitrogens is 1. The fourth-order valence-corrected chi connectivity index (χ4v) is 1.02. The van der Waals surface area contributed by atoms with E-state index < -0.39 is 0 Å². The predicted molar refractivity (Wildman–Crippen MR) is 55.0 cm³/mol. The second-order valence-corrected chi connectivity index (χ2v) is 3.49. The molecule has 0 aliphatic rings. The largest absolute Gasteiger partial charge is 1.00 e. The summed E-state index contributed by atoms with van der Waals surface area (Å²) in [4.78, 5) is 0. The van der Waals surface area contributed by atoms with Crippen LogP contribution in [0.2, 0.25) is 0 Å². The normalized spacial score (nSPS) is 9.31. The zero-order chi connectivity index (χ0) is 10.0. The Hall–Kier alpha value is -0.0500. The lowest BCUT2D eigenvalue weighted by molar-refractivity contribution is -0.909. The number of hydrogen-bond donors (Lipinski definition) is 0. The highest BCUT2D eigenvalue weighted by Gasteiger charge is 2.10. The number of allylic oxidation sites excluding steroid dienone is 1. The molecule has 0 rings (SSSR count). The van der Waals surface area contributed by atoms with Crippen molar-refractivity contribution in [1.82, 2.24) is 0 Å². The lowest BCUT2D eigenvalue weighted by Gasteiger charge is -2.27. The van der Waals surface area contributed by atoms with Gasteiger partial charge in [0, 0.05) is 7.11 Å². The first-order valence-corrected chi connectivity index (χ1v) is 4.42. The molecule has 13 heavy (non-hydrogen) atoms. The Morgan fingerprint density at radius 3 is 2.00 bits per heavy atom. The summed E-state index contributed by atoms with van der Waals surface area (Å²) in [5.74, 6) is 0. The van der Waals surface area contributed by atoms with Crippen molar-refractivity contribution in [3.63, 3.8) is 0 Å². The quantitative estimate of drug-likeness (QED) is 0.337. The number of ether oxygens (including phenoxy) is 1. The van der Waals surface area contributed by atoms with Crippen molar-refractivity contribution in [3.8, 4) is 0 Å². The van der Waals surface area contributed by atoms with Crippen molar-refractivity contribution in [2.45, 2.75) is 20.3 Å². The molecule has 0 aromatic carbocycles. The van der Waals surface area contributed by atoms with Gasteiger partial charge < -0.3 is 21.6 Å². The third-order valence-corrected chi connectivity index (χ3v) is 1.31. The summed E-state index contributed by atoms with van der Waals surface area (Å²) in [6.45, 7) is 9.44. The lowest BCUT2D eigenvalue weighted by atomic mass is 10.4. The molecule has 0 bridgehead atoms. The number of halogens is 1. The van der Waals surface area contributed by atoms with Crippen LogP contribution in [-0.2, 0) is 4.74 Å². The van der Waals surface area contributed by atoms with E-state index in [0.717, 1.165) is 11.2 Å². The smallest absolute Gasteiger partial charge is 0.182 e. The van der Waals surface area contributed by atoms with Gasteiger partial charge in [0.15, 0.2) is 6.73 Å². The average Bonchev–Trinajstić information content (AvgIpc) is 1.88. The van der Waals surface area contributed by atoms with E-state index in [1.54, 1.807) is 13.2 Å². The van der Waals surface area contributed by atoms with E-state index in [2.05, 4.69) is 27.6 Å². The minimum atomic E-state index is 0. The molecule has 0 amide bonds. The van der Waals surface area contributed by atoms with Crippen molar-refractivity contribution < 1.29 is 21.6 Å². The van der Waals surface area contributed by atoms with Crippen LogP contribution in [0.1, 0.15) is 20.3 Å². The summed E-state index contributed by atoms with van der Waals surface area (Å²) in [5.41, 5.74) is 0. The molecule has 3 heteroatoms. The maximum Gasteiger partial charge on any atom is 0.182 e. The molecule has 0 aromatic heterocycles. The van der Waals surface area contributed by atoms with E-state index >= 15 is 0 Å². The van der Waals surface area contributed by atoms with Crippen molar-refractivity contribution >= 4 is 0 Å². The SMILES string of the molecule is C=CC.CCC[N+](C)(C)COC.[Cl-]. The van der Waals surface area contributed by atoms with Gasteiger partial charge in [0.05, 0.1) is 20.6 Å². The van der Waals surface area contributed by atoms with E-state index in [4.69, 9.17) is 4.74 Å². The Morgan fingerprint density at radius 2 is 1.77 bits per heavy atom. The Bertz CT molecular complexity index is 97.1.